The minimum absolute atomic E-state index is 0.0602. The fraction of sp³-hybridized carbons (Fsp3) is 0.227. The number of nitrogens with zero attached hydrogens (tertiary/aromatic N) is 3. The van der Waals surface area contributed by atoms with E-state index in [2.05, 4.69) is 11.7 Å². The maximum absolute atomic E-state index is 12.9. The molecule has 0 atom stereocenters. The van der Waals surface area contributed by atoms with Gasteiger partial charge in [-0.05, 0) is 63.4 Å². The summed E-state index contributed by atoms with van der Waals surface area (Å²) in [6, 6.07) is 8.13. The lowest BCUT2D eigenvalue weighted by Crippen LogP contribution is -2.27. The second-order valence-corrected chi connectivity index (χ2v) is 8.97. The zero-order valence-corrected chi connectivity index (χ0v) is 18.3. The summed E-state index contributed by atoms with van der Waals surface area (Å²) in [4.78, 5) is 25.6. The van der Waals surface area contributed by atoms with E-state index >= 15 is 0 Å². The molecular weight excluding hydrogens is 418 g/mol. The predicted molar refractivity (Wildman–Crippen MR) is 119 cm³/mol. The summed E-state index contributed by atoms with van der Waals surface area (Å²) in [6.07, 6.45) is -1.29. The Labute approximate surface area is 181 Å². The smallest absolute Gasteiger partial charge is 0.435 e. The standard InChI is InChI=1S/C22H21N3O5S/c1-12(2)29-20(27)24-15-7-6-14(26)10-13(15)11-17(24)18-19-16(8-9-31-19)25(23-18)21(28)30-22(3,4)5/h6-11,26H,1H2,2-5H3. The third-order valence-electron chi connectivity index (χ3n) is 4.33. The first-order valence-electron chi connectivity index (χ1n) is 9.47. The number of rotatable bonds is 2. The molecule has 0 aliphatic rings. The molecule has 1 N–H and O–H groups in total. The molecule has 31 heavy (non-hydrogen) atoms. The lowest BCUT2D eigenvalue weighted by molar-refractivity contribution is 0.0523. The van der Waals surface area contributed by atoms with Gasteiger partial charge in [-0.1, -0.05) is 6.58 Å². The quantitative estimate of drug-likeness (QED) is 0.401. The van der Waals surface area contributed by atoms with Crippen LogP contribution in [0, 0.1) is 0 Å². The van der Waals surface area contributed by atoms with Gasteiger partial charge in [0.2, 0.25) is 0 Å². The molecule has 4 aromatic rings. The summed E-state index contributed by atoms with van der Waals surface area (Å²) in [5.41, 5.74) is 1.24. The SMILES string of the molecule is C=C(C)OC(=O)n1c(-c2nn(C(=O)OC(C)(C)C)c3ccsc23)cc2cc(O)ccc21. The third kappa shape index (κ3) is 3.79. The van der Waals surface area contributed by atoms with Crippen LogP contribution >= 0.6 is 11.3 Å². The summed E-state index contributed by atoms with van der Waals surface area (Å²) < 4.78 is 14.0. The van der Waals surface area contributed by atoms with E-state index < -0.39 is 17.8 Å². The van der Waals surface area contributed by atoms with Gasteiger partial charge >= 0.3 is 12.2 Å². The molecule has 3 heterocycles. The molecule has 0 fully saturated rings. The van der Waals surface area contributed by atoms with Crippen LogP contribution in [0.25, 0.3) is 32.5 Å². The van der Waals surface area contributed by atoms with E-state index in [4.69, 9.17) is 9.47 Å². The van der Waals surface area contributed by atoms with Crippen LogP contribution in [0.3, 0.4) is 0 Å². The highest BCUT2D eigenvalue weighted by Gasteiger charge is 2.27. The van der Waals surface area contributed by atoms with Gasteiger partial charge in [-0.15, -0.1) is 11.3 Å². The van der Waals surface area contributed by atoms with E-state index in [9.17, 15) is 14.7 Å². The molecule has 3 aromatic heterocycles. The number of aromatic hydroxyl groups is 1. The fourth-order valence-electron chi connectivity index (χ4n) is 3.23. The largest absolute Gasteiger partial charge is 0.508 e. The molecule has 8 nitrogen and oxygen atoms in total. The number of carbonyl (C=O) groups is 2. The van der Waals surface area contributed by atoms with Gasteiger partial charge in [-0.3, -0.25) is 0 Å². The first kappa shape index (κ1) is 20.7. The maximum atomic E-state index is 12.9. The molecule has 0 spiro atoms. The van der Waals surface area contributed by atoms with Gasteiger partial charge in [-0.2, -0.15) is 9.78 Å². The number of phenols is 1. The number of aromatic nitrogens is 3. The number of ether oxygens (including phenoxy) is 2. The van der Waals surface area contributed by atoms with Crippen molar-refractivity contribution in [3.8, 4) is 17.1 Å². The van der Waals surface area contributed by atoms with Crippen LogP contribution in [0.1, 0.15) is 27.7 Å². The van der Waals surface area contributed by atoms with Crippen molar-refractivity contribution in [2.45, 2.75) is 33.3 Å². The third-order valence-corrected chi connectivity index (χ3v) is 5.24. The number of thiophene rings is 1. The molecule has 160 valence electrons. The van der Waals surface area contributed by atoms with Gasteiger partial charge in [0.15, 0.2) is 0 Å². The monoisotopic (exact) mass is 439 g/mol. The lowest BCUT2D eigenvalue weighted by Gasteiger charge is -2.19. The maximum Gasteiger partial charge on any atom is 0.435 e. The van der Waals surface area contributed by atoms with Crippen molar-refractivity contribution in [2.75, 3.05) is 0 Å². The summed E-state index contributed by atoms with van der Waals surface area (Å²) in [7, 11) is 0. The lowest BCUT2D eigenvalue weighted by atomic mass is 10.2. The van der Waals surface area contributed by atoms with E-state index in [1.165, 1.54) is 26.7 Å². The van der Waals surface area contributed by atoms with Gasteiger partial charge in [0.05, 0.1) is 27.2 Å². The molecule has 0 saturated carbocycles. The van der Waals surface area contributed by atoms with Crippen LogP contribution in [0.2, 0.25) is 0 Å². The molecule has 0 amide bonds. The second-order valence-electron chi connectivity index (χ2n) is 8.05. The Hall–Kier alpha value is -3.59. The minimum Gasteiger partial charge on any atom is -0.508 e. The Bertz CT molecular complexity index is 1350. The van der Waals surface area contributed by atoms with E-state index in [-0.39, 0.29) is 11.5 Å². The van der Waals surface area contributed by atoms with Crippen molar-refractivity contribution in [1.82, 2.24) is 14.3 Å². The first-order valence-corrected chi connectivity index (χ1v) is 10.4. The first-order chi connectivity index (χ1) is 14.5. The van der Waals surface area contributed by atoms with E-state index in [1.54, 1.807) is 52.0 Å². The summed E-state index contributed by atoms with van der Waals surface area (Å²) >= 11 is 1.39. The molecule has 0 aliphatic carbocycles. The van der Waals surface area contributed by atoms with Gasteiger partial charge in [0.1, 0.15) is 17.0 Å². The topological polar surface area (TPSA) is 95.6 Å². The predicted octanol–water partition coefficient (Wildman–Crippen LogP) is 5.73. The molecule has 0 bridgehead atoms. The molecule has 1 aromatic carbocycles. The zero-order chi connectivity index (χ0) is 22.5. The Morgan fingerprint density at radius 1 is 1.13 bits per heavy atom. The van der Waals surface area contributed by atoms with Gasteiger partial charge < -0.3 is 14.6 Å². The Kier molecular flexibility index (Phi) is 4.85. The highest BCUT2D eigenvalue weighted by atomic mass is 32.1. The van der Waals surface area contributed by atoms with Crippen LogP contribution in [0.4, 0.5) is 9.59 Å². The number of hydrogen-bond acceptors (Lipinski definition) is 7. The van der Waals surface area contributed by atoms with Gasteiger partial charge in [0.25, 0.3) is 0 Å². The highest BCUT2D eigenvalue weighted by molar-refractivity contribution is 7.17. The van der Waals surface area contributed by atoms with E-state index in [1.807, 2.05) is 5.38 Å². The number of benzene rings is 1. The van der Waals surface area contributed by atoms with Crippen molar-refractivity contribution < 1.29 is 24.2 Å². The Morgan fingerprint density at radius 2 is 1.87 bits per heavy atom. The van der Waals surface area contributed by atoms with Crippen molar-refractivity contribution in [3.63, 3.8) is 0 Å². The van der Waals surface area contributed by atoms with Crippen molar-refractivity contribution in [3.05, 3.63) is 48.0 Å². The average molecular weight is 439 g/mol. The zero-order valence-electron chi connectivity index (χ0n) is 17.5. The normalized spacial score (nSPS) is 11.7. The van der Waals surface area contributed by atoms with E-state index in [0.717, 1.165) is 0 Å². The average Bonchev–Trinajstić information content (AvgIpc) is 3.31. The Morgan fingerprint density at radius 3 is 2.55 bits per heavy atom. The molecule has 0 saturated heterocycles. The molecular formula is C22H21N3O5S. The minimum atomic E-state index is -0.691. The number of phenolic OH excluding ortho intramolecular Hbond substituents is 1. The number of hydrogen-bond donors (Lipinski definition) is 1. The van der Waals surface area contributed by atoms with Gasteiger partial charge in [-0.25, -0.2) is 14.2 Å². The van der Waals surface area contributed by atoms with Gasteiger partial charge in [0, 0.05) is 5.39 Å². The number of allylic oxidation sites excluding steroid dienone is 1. The van der Waals surface area contributed by atoms with Crippen molar-refractivity contribution >= 4 is 44.6 Å². The number of fused-ring (bicyclic) bond motifs is 2. The van der Waals surface area contributed by atoms with Crippen LogP contribution in [0.15, 0.2) is 48.0 Å². The van der Waals surface area contributed by atoms with Crippen LogP contribution in [0.5, 0.6) is 5.75 Å². The fourth-order valence-corrected chi connectivity index (χ4v) is 4.09. The van der Waals surface area contributed by atoms with Crippen LogP contribution < -0.4 is 0 Å². The van der Waals surface area contributed by atoms with Crippen molar-refractivity contribution in [1.29, 1.82) is 0 Å². The summed E-state index contributed by atoms with van der Waals surface area (Å²) in [5.74, 6) is 0.294. The Balaban J connectivity index is 1.95. The summed E-state index contributed by atoms with van der Waals surface area (Å²) in [6.45, 7) is 10.5. The molecule has 0 unspecified atom stereocenters. The molecule has 9 heteroatoms. The van der Waals surface area contributed by atoms with Crippen LogP contribution in [-0.2, 0) is 9.47 Å². The number of carbonyl (C=O) groups excluding carboxylic acids is 2. The molecule has 4 rings (SSSR count). The van der Waals surface area contributed by atoms with Crippen LogP contribution in [-0.4, -0.2) is 37.2 Å². The second kappa shape index (κ2) is 7.28. The molecule has 0 radical (unpaired) electrons. The van der Waals surface area contributed by atoms with Crippen molar-refractivity contribution in [2.24, 2.45) is 0 Å². The summed E-state index contributed by atoms with van der Waals surface area (Å²) in [5, 5.41) is 16.8. The highest BCUT2D eigenvalue weighted by Crippen LogP contribution is 2.36. The molecule has 0 aliphatic heterocycles. The van der Waals surface area contributed by atoms with E-state index in [0.29, 0.717) is 32.5 Å².